The number of carbonyl (C=O) groups excluding carboxylic acids is 3. The van der Waals surface area contributed by atoms with Crippen molar-refractivity contribution in [1.29, 1.82) is 0 Å². The van der Waals surface area contributed by atoms with Gasteiger partial charge in [0.25, 0.3) is 0 Å². The minimum atomic E-state index is -1.36. The minimum absolute atomic E-state index is 0.141. The number of carboxylic acids is 1. The van der Waals surface area contributed by atoms with Crippen molar-refractivity contribution in [3.63, 3.8) is 0 Å². The van der Waals surface area contributed by atoms with Crippen LogP contribution in [0.3, 0.4) is 0 Å². The third kappa shape index (κ3) is 9.01. The Morgan fingerprint density at radius 1 is 0.967 bits per heavy atom. The molecule has 3 unspecified atom stereocenters. The molecule has 0 aromatic heterocycles. The van der Waals surface area contributed by atoms with Gasteiger partial charge in [-0.1, -0.05) is 44.2 Å². The van der Waals surface area contributed by atoms with Crippen LogP contribution in [0.1, 0.15) is 25.8 Å². The van der Waals surface area contributed by atoms with Gasteiger partial charge in [-0.3, -0.25) is 19.2 Å². The number of carboxylic acid groups (broad SMARTS) is 1. The van der Waals surface area contributed by atoms with Crippen molar-refractivity contribution in [2.24, 2.45) is 11.7 Å². The van der Waals surface area contributed by atoms with Crippen molar-refractivity contribution in [2.45, 2.75) is 44.8 Å². The molecule has 0 heterocycles. The van der Waals surface area contributed by atoms with E-state index in [1.54, 1.807) is 24.3 Å². The molecule has 3 amide bonds. The highest BCUT2D eigenvalue weighted by Gasteiger charge is 2.28. The smallest absolute Gasteiger partial charge is 0.322 e. The number of hydrogen-bond acceptors (Lipinski definition) is 6. The second-order valence-corrected chi connectivity index (χ2v) is 7.34. The molecule has 7 N–H and O–H groups in total. The molecule has 0 spiro atoms. The normalized spacial score (nSPS) is 13.8. The van der Waals surface area contributed by atoms with E-state index in [0.717, 1.165) is 5.56 Å². The molecule has 10 nitrogen and oxygen atoms in total. The first kappa shape index (κ1) is 25.1. The molecule has 0 aliphatic carbocycles. The Bertz CT molecular complexity index is 725. The van der Waals surface area contributed by atoms with E-state index in [1.807, 2.05) is 19.9 Å². The highest BCUT2D eigenvalue weighted by molar-refractivity contribution is 5.93. The van der Waals surface area contributed by atoms with Crippen molar-refractivity contribution in [3.05, 3.63) is 35.9 Å². The minimum Gasteiger partial charge on any atom is -0.480 e. The van der Waals surface area contributed by atoms with E-state index in [1.165, 1.54) is 0 Å². The molecule has 0 bridgehead atoms. The number of amides is 3. The highest BCUT2D eigenvalue weighted by atomic mass is 16.4. The maximum atomic E-state index is 12.8. The first-order valence-electron chi connectivity index (χ1n) is 9.64. The number of aliphatic carboxylic acids is 1. The summed E-state index contributed by atoms with van der Waals surface area (Å²) in [7, 11) is 0. The van der Waals surface area contributed by atoms with Gasteiger partial charge in [0.2, 0.25) is 17.7 Å². The fourth-order valence-electron chi connectivity index (χ4n) is 2.71. The quantitative estimate of drug-likeness (QED) is 0.245. The first-order chi connectivity index (χ1) is 14.1. The number of nitrogens with one attached hydrogen (secondary N) is 3. The first-order valence-corrected chi connectivity index (χ1v) is 9.64. The van der Waals surface area contributed by atoms with E-state index >= 15 is 0 Å². The second-order valence-electron chi connectivity index (χ2n) is 7.34. The molecule has 0 saturated heterocycles. The summed E-state index contributed by atoms with van der Waals surface area (Å²) in [6.45, 7) is 2.45. The molecule has 1 aromatic rings. The van der Waals surface area contributed by atoms with E-state index in [4.69, 9.17) is 10.8 Å². The van der Waals surface area contributed by atoms with Gasteiger partial charge >= 0.3 is 5.97 Å². The number of hydrogen-bond donors (Lipinski definition) is 6. The average Bonchev–Trinajstić information content (AvgIpc) is 2.69. The number of aliphatic hydroxyl groups is 1. The van der Waals surface area contributed by atoms with Crippen molar-refractivity contribution >= 4 is 23.7 Å². The van der Waals surface area contributed by atoms with Crippen LogP contribution >= 0.6 is 0 Å². The Kier molecular flexibility index (Phi) is 10.5. The van der Waals surface area contributed by atoms with Gasteiger partial charge in [-0.05, 0) is 17.9 Å². The van der Waals surface area contributed by atoms with Crippen LogP contribution in [-0.2, 0) is 25.6 Å². The van der Waals surface area contributed by atoms with Gasteiger partial charge in [0.1, 0.15) is 18.6 Å². The van der Waals surface area contributed by atoms with Crippen molar-refractivity contribution in [1.82, 2.24) is 16.0 Å². The van der Waals surface area contributed by atoms with Crippen molar-refractivity contribution in [2.75, 3.05) is 13.2 Å². The van der Waals surface area contributed by atoms with Crippen LogP contribution in [0, 0.1) is 5.92 Å². The van der Waals surface area contributed by atoms with Crippen LogP contribution in [0.5, 0.6) is 0 Å². The lowest BCUT2D eigenvalue weighted by molar-refractivity contribution is -0.139. The summed E-state index contributed by atoms with van der Waals surface area (Å²) in [6, 6.07) is 5.73. The zero-order chi connectivity index (χ0) is 22.7. The van der Waals surface area contributed by atoms with Crippen LogP contribution in [0.25, 0.3) is 0 Å². The maximum absolute atomic E-state index is 12.8. The number of rotatable bonds is 12. The highest BCUT2D eigenvalue weighted by Crippen LogP contribution is 2.07. The predicted octanol–water partition coefficient (Wildman–Crippen LogP) is -1.23. The number of benzene rings is 1. The molecule has 1 aromatic carbocycles. The van der Waals surface area contributed by atoms with Gasteiger partial charge in [-0.15, -0.1) is 0 Å². The molecular weight excluding hydrogens is 392 g/mol. The summed E-state index contributed by atoms with van der Waals surface area (Å²) in [5.74, 6) is -3.14. The van der Waals surface area contributed by atoms with Crippen LogP contribution < -0.4 is 21.7 Å². The van der Waals surface area contributed by atoms with E-state index < -0.39 is 55.0 Å². The molecule has 0 aliphatic rings. The Hall–Kier alpha value is -2.98. The molecule has 30 heavy (non-hydrogen) atoms. The molecule has 166 valence electrons. The third-order valence-electron chi connectivity index (χ3n) is 4.21. The van der Waals surface area contributed by atoms with Gasteiger partial charge in [0.15, 0.2) is 0 Å². The van der Waals surface area contributed by atoms with Crippen LogP contribution in [0.15, 0.2) is 30.3 Å². The molecule has 3 atom stereocenters. The summed E-state index contributed by atoms with van der Waals surface area (Å²) in [4.78, 5) is 47.8. The van der Waals surface area contributed by atoms with Crippen molar-refractivity contribution < 1.29 is 29.4 Å². The molecule has 0 radical (unpaired) electrons. The molecule has 0 fully saturated rings. The van der Waals surface area contributed by atoms with Gasteiger partial charge in [0, 0.05) is 6.42 Å². The topological polar surface area (TPSA) is 171 Å². The van der Waals surface area contributed by atoms with Crippen LogP contribution in [-0.4, -0.2) is 65.2 Å². The lowest BCUT2D eigenvalue weighted by Gasteiger charge is -2.24. The van der Waals surface area contributed by atoms with E-state index in [0.29, 0.717) is 6.42 Å². The number of carbonyl (C=O) groups is 4. The molecule has 10 heteroatoms. The van der Waals surface area contributed by atoms with Crippen molar-refractivity contribution in [3.8, 4) is 0 Å². The summed E-state index contributed by atoms with van der Waals surface area (Å²) in [6.07, 6.45) is 0.573. The summed E-state index contributed by atoms with van der Waals surface area (Å²) in [5, 5.41) is 25.1. The molecule has 1 rings (SSSR count). The average molecular weight is 422 g/mol. The van der Waals surface area contributed by atoms with Gasteiger partial charge in [-0.2, -0.15) is 0 Å². The summed E-state index contributed by atoms with van der Waals surface area (Å²) >= 11 is 0. The lowest BCUT2D eigenvalue weighted by Crippen LogP contribution is -2.57. The van der Waals surface area contributed by atoms with E-state index in [-0.39, 0.29) is 12.3 Å². The monoisotopic (exact) mass is 422 g/mol. The Morgan fingerprint density at radius 2 is 1.57 bits per heavy atom. The Morgan fingerprint density at radius 3 is 2.10 bits per heavy atom. The number of nitrogens with two attached hydrogens (primary N) is 1. The Balaban J connectivity index is 2.90. The standard InChI is InChI=1S/C20H30N4O6/c1-12(2)8-14(21)18(28)23-15(9-13-6-4-3-5-7-13)20(30)24-16(11-25)19(29)22-10-17(26)27/h3-7,12,14-16,25H,8-11,21H2,1-2H3,(H,22,29)(H,23,28)(H,24,30)(H,26,27). The number of aliphatic hydroxyl groups excluding tert-OH is 1. The Labute approximate surface area is 175 Å². The fourth-order valence-corrected chi connectivity index (χ4v) is 2.71. The van der Waals surface area contributed by atoms with Gasteiger partial charge in [-0.25, -0.2) is 0 Å². The molecule has 0 aliphatic heterocycles. The molecule has 0 saturated carbocycles. The van der Waals surface area contributed by atoms with Crippen LogP contribution in [0.4, 0.5) is 0 Å². The zero-order valence-corrected chi connectivity index (χ0v) is 17.1. The fraction of sp³-hybridized carbons (Fsp3) is 0.500. The summed E-state index contributed by atoms with van der Waals surface area (Å²) < 4.78 is 0. The van der Waals surface area contributed by atoms with Crippen LogP contribution in [0.2, 0.25) is 0 Å². The van der Waals surface area contributed by atoms with E-state index in [9.17, 15) is 24.3 Å². The third-order valence-corrected chi connectivity index (χ3v) is 4.21. The maximum Gasteiger partial charge on any atom is 0.322 e. The van der Waals surface area contributed by atoms with Gasteiger partial charge in [0.05, 0.1) is 12.6 Å². The lowest BCUT2D eigenvalue weighted by atomic mass is 10.0. The predicted molar refractivity (Wildman–Crippen MR) is 109 cm³/mol. The second kappa shape index (κ2) is 12.6. The summed E-state index contributed by atoms with van der Waals surface area (Å²) in [5.41, 5.74) is 6.67. The van der Waals surface area contributed by atoms with E-state index in [2.05, 4.69) is 16.0 Å². The zero-order valence-electron chi connectivity index (χ0n) is 17.1. The molecular formula is C20H30N4O6. The van der Waals surface area contributed by atoms with Gasteiger partial charge < -0.3 is 31.9 Å². The SMILES string of the molecule is CC(C)CC(N)C(=O)NC(Cc1ccccc1)C(=O)NC(CO)C(=O)NCC(=O)O. The largest absolute Gasteiger partial charge is 0.480 e.